The fourth-order valence-corrected chi connectivity index (χ4v) is 3.27. The standard InChI is InChI=1S/C22H28N4O3/c1-2-29-20-10-8-18(9-11-20)16-25-12-14-26(15-13-25)17-21(27)24-22(28)23-19-6-4-3-5-7-19/h3-11H,2,12-17H2,1H3,(H2,23,24,27,28). The monoisotopic (exact) mass is 396 g/mol. The van der Waals surface area contributed by atoms with Gasteiger partial charge in [-0.05, 0) is 36.8 Å². The number of rotatable bonds is 7. The third-order valence-corrected chi connectivity index (χ3v) is 4.76. The number of imide groups is 1. The summed E-state index contributed by atoms with van der Waals surface area (Å²) in [6, 6.07) is 16.7. The molecule has 3 rings (SSSR count). The summed E-state index contributed by atoms with van der Waals surface area (Å²) in [5.41, 5.74) is 1.90. The zero-order valence-electron chi connectivity index (χ0n) is 16.8. The average Bonchev–Trinajstić information content (AvgIpc) is 2.72. The Balaban J connectivity index is 1.36. The van der Waals surface area contributed by atoms with E-state index in [4.69, 9.17) is 4.74 Å². The van der Waals surface area contributed by atoms with Gasteiger partial charge >= 0.3 is 6.03 Å². The first kappa shape index (κ1) is 20.8. The molecule has 2 N–H and O–H groups in total. The predicted octanol–water partition coefficient (Wildman–Crippen LogP) is 2.55. The minimum atomic E-state index is -0.504. The molecule has 0 spiro atoms. The number of carbonyl (C=O) groups excluding carboxylic acids is 2. The highest BCUT2D eigenvalue weighted by Crippen LogP contribution is 2.14. The number of para-hydroxylation sites is 1. The largest absolute Gasteiger partial charge is 0.494 e. The van der Waals surface area contributed by atoms with Gasteiger partial charge in [-0.25, -0.2) is 4.79 Å². The van der Waals surface area contributed by atoms with E-state index in [1.807, 2.05) is 37.3 Å². The summed E-state index contributed by atoms with van der Waals surface area (Å²) in [6.45, 7) is 7.11. The van der Waals surface area contributed by atoms with Crippen LogP contribution >= 0.6 is 0 Å². The second-order valence-corrected chi connectivity index (χ2v) is 7.00. The van der Waals surface area contributed by atoms with E-state index in [0.29, 0.717) is 12.3 Å². The number of anilines is 1. The summed E-state index contributed by atoms with van der Waals surface area (Å²) in [4.78, 5) is 28.5. The Bertz CT molecular complexity index is 787. The molecule has 2 aromatic rings. The van der Waals surface area contributed by atoms with Crippen molar-refractivity contribution in [2.45, 2.75) is 13.5 Å². The topological polar surface area (TPSA) is 73.9 Å². The summed E-state index contributed by atoms with van der Waals surface area (Å²) in [6.07, 6.45) is 0. The Morgan fingerprint density at radius 1 is 0.931 bits per heavy atom. The van der Waals surface area contributed by atoms with Gasteiger partial charge in [-0.1, -0.05) is 30.3 Å². The lowest BCUT2D eigenvalue weighted by Crippen LogP contribution is -2.50. The number of hydrogen-bond acceptors (Lipinski definition) is 5. The molecule has 7 nitrogen and oxygen atoms in total. The van der Waals surface area contributed by atoms with E-state index in [-0.39, 0.29) is 12.5 Å². The lowest BCUT2D eigenvalue weighted by Gasteiger charge is -2.34. The van der Waals surface area contributed by atoms with E-state index in [2.05, 4.69) is 32.6 Å². The molecule has 0 saturated carbocycles. The minimum Gasteiger partial charge on any atom is -0.494 e. The third kappa shape index (κ3) is 6.89. The number of ether oxygens (including phenoxy) is 1. The van der Waals surface area contributed by atoms with Crippen molar-refractivity contribution in [3.8, 4) is 5.75 Å². The maximum atomic E-state index is 12.1. The molecule has 154 valence electrons. The van der Waals surface area contributed by atoms with E-state index in [1.165, 1.54) is 5.56 Å². The fourth-order valence-electron chi connectivity index (χ4n) is 3.27. The van der Waals surface area contributed by atoms with Gasteiger partial charge < -0.3 is 10.1 Å². The lowest BCUT2D eigenvalue weighted by molar-refractivity contribution is -0.121. The van der Waals surface area contributed by atoms with E-state index < -0.39 is 6.03 Å². The molecular weight excluding hydrogens is 368 g/mol. The van der Waals surface area contributed by atoms with Gasteiger partial charge in [0.1, 0.15) is 5.75 Å². The van der Waals surface area contributed by atoms with E-state index in [9.17, 15) is 9.59 Å². The molecule has 1 fully saturated rings. The van der Waals surface area contributed by atoms with Gasteiger partial charge in [-0.3, -0.25) is 19.9 Å². The maximum absolute atomic E-state index is 12.1. The Labute approximate surface area is 171 Å². The van der Waals surface area contributed by atoms with Crippen molar-refractivity contribution in [1.29, 1.82) is 0 Å². The zero-order valence-corrected chi connectivity index (χ0v) is 16.8. The Morgan fingerprint density at radius 2 is 1.59 bits per heavy atom. The van der Waals surface area contributed by atoms with E-state index >= 15 is 0 Å². The molecule has 0 radical (unpaired) electrons. The zero-order chi connectivity index (χ0) is 20.5. The molecule has 0 atom stereocenters. The van der Waals surface area contributed by atoms with Crippen LogP contribution in [0, 0.1) is 0 Å². The first-order chi connectivity index (χ1) is 14.1. The number of urea groups is 1. The number of benzene rings is 2. The van der Waals surface area contributed by atoms with Gasteiger partial charge in [0.25, 0.3) is 0 Å². The van der Waals surface area contributed by atoms with Crippen molar-refractivity contribution in [3.05, 3.63) is 60.2 Å². The molecule has 0 aliphatic carbocycles. The van der Waals surface area contributed by atoms with Crippen LogP contribution in [0.25, 0.3) is 0 Å². The molecule has 0 aromatic heterocycles. The molecule has 1 aliphatic rings. The lowest BCUT2D eigenvalue weighted by atomic mass is 10.2. The molecule has 2 aromatic carbocycles. The number of hydrogen-bond donors (Lipinski definition) is 2. The Morgan fingerprint density at radius 3 is 2.24 bits per heavy atom. The molecule has 7 heteroatoms. The van der Waals surface area contributed by atoms with E-state index in [1.54, 1.807) is 12.1 Å². The molecule has 1 aliphatic heterocycles. The van der Waals surface area contributed by atoms with Crippen molar-refractivity contribution in [3.63, 3.8) is 0 Å². The Hall–Kier alpha value is -2.90. The second kappa shape index (κ2) is 10.6. The van der Waals surface area contributed by atoms with Crippen molar-refractivity contribution in [2.24, 2.45) is 0 Å². The summed E-state index contributed by atoms with van der Waals surface area (Å²) < 4.78 is 5.48. The second-order valence-electron chi connectivity index (χ2n) is 7.00. The number of piperazine rings is 1. The van der Waals surface area contributed by atoms with Crippen LogP contribution in [0.2, 0.25) is 0 Å². The summed E-state index contributed by atoms with van der Waals surface area (Å²) in [5.74, 6) is 0.599. The molecule has 0 bridgehead atoms. The van der Waals surface area contributed by atoms with Crippen LogP contribution in [-0.2, 0) is 11.3 Å². The fraction of sp³-hybridized carbons (Fsp3) is 0.364. The van der Waals surface area contributed by atoms with Gasteiger partial charge in [-0.2, -0.15) is 0 Å². The van der Waals surface area contributed by atoms with Crippen LogP contribution in [0.5, 0.6) is 5.75 Å². The predicted molar refractivity (Wildman–Crippen MR) is 113 cm³/mol. The van der Waals surface area contributed by atoms with Gasteiger partial charge in [0.15, 0.2) is 0 Å². The molecular formula is C22H28N4O3. The summed E-state index contributed by atoms with van der Waals surface area (Å²) >= 11 is 0. The van der Waals surface area contributed by atoms with Crippen molar-refractivity contribution in [1.82, 2.24) is 15.1 Å². The molecule has 29 heavy (non-hydrogen) atoms. The van der Waals surface area contributed by atoms with Crippen LogP contribution < -0.4 is 15.4 Å². The summed E-state index contributed by atoms with van der Waals surface area (Å²) in [5, 5.41) is 5.04. The summed E-state index contributed by atoms with van der Waals surface area (Å²) in [7, 11) is 0. The van der Waals surface area contributed by atoms with Crippen LogP contribution in [0.4, 0.5) is 10.5 Å². The van der Waals surface area contributed by atoms with Gasteiger partial charge in [0.2, 0.25) is 5.91 Å². The molecule has 1 heterocycles. The van der Waals surface area contributed by atoms with E-state index in [0.717, 1.165) is 38.5 Å². The van der Waals surface area contributed by atoms with Crippen LogP contribution in [-0.4, -0.2) is 61.1 Å². The van der Waals surface area contributed by atoms with Gasteiger partial charge in [-0.15, -0.1) is 0 Å². The first-order valence-electron chi connectivity index (χ1n) is 9.94. The number of amides is 3. The maximum Gasteiger partial charge on any atom is 0.325 e. The van der Waals surface area contributed by atoms with Gasteiger partial charge in [0, 0.05) is 38.4 Å². The van der Waals surface area contributed by atoms with Crippen LogP contribution in [0.1, 0.15) is 12.5 Å². The van der Waals surface area contributed by atoms with Crippen molar-refractivity contribution < 1.29 is 14.3 Å². The quantitative estimate of drug-likeness (QED) is 0.752. The third-order valence-electron chi connectivity index (χ3n) is 4.76. The number of carbonyl (C=O) groups is 2. The van der Waals surface area contributed by atoms with Crippen molar-refractivity contribution >= 4 is 17.6 Å². The average molecular weight is 396 g/mol. The highest BCUT2D eigenvalue weighted by Gasteiger charge is 2.20. The number of nitrogens with zero attached hydrogens (tertiary/aromatic N) is 2. The van der Waals surface area contributed by atoms with Crippen LogP contribution in [0.3, 0.4) is 0 Å². The van der Waals surface area contributed by atoms with Crippen molar-refractivity contribution in [2.75, 3.05) is 44.6 Å². The highest BCUT2D eigenvalue weighted by molar-refractivity contribution is 6.01. The minimum absolute atomic E-state index is 0.221. The normalized spacial score (nSPS) is 14.9. The molecule has 3 amide bonds. The first-order valence-corrected chi connectivity index (χ1v) is 9.94. The molecule has 1 saturated heterocycles. The Kier molecular flexibility index (Phi) is 7.61. The number of nitrogens with one attached hydrogen (secondary N) is 2. The SMILES string of the molecule is CCOc1ccc(CN2CCN(CC(=O)NC(=O)Nc3ccccc3)CC2)cc1. The highest BCUT2D eigenvalue weighted by atomic mass is 16.5. The van der Waals surface area contributed by atoms with Crippen LogP contribution in [0.15, 0.2) is 54.6 Å². The molecule has 0 unspecified atom stereocenters. The smallest absolute Gasteiger partial charge is 0.325 e. The van der Waals surface area contributed by atoms with Gasteiger partial charge in [0.05, 0.1) is 13.2 Å².